The highest BCUT2D eigenvalue weighted by Gasteiger charge is 2.21. The van der Waals surface area contributed by atoms with Crippen LogP contribution in [0, 0.1) is 0 Å². The van der Waals surface area contributed by atoms with Crippen LogP contribution in [0.2, 0.25) is 0 Å². The Morgan fingerprint density at radius 3 is 2.78 bits per heavy atom. The van der Waals surface area contributed by atoms with Crippen LogP contribution in [-0.2, 0) is 16.0 Å². The molecular weight excluding hydrogens is 468 g/mol. The van der Waals surface area contributed by atoms with Crippen molar-refractivity contribution in [2.24, 2.45) is 4.99 Å². The number of carbonyl (C=O) groups is 2. The van der Waals surface area contributed by atoms with Crippen LogP contribution in [0.1, 0.15) is 27.6 Å². The van der Waals surface area contributed by atoms with Gasteiger partial charge in [0.25, 0.3) is 11.5 Å². The van der Waals surface area contributed by atoms with Crippen LogP contribution in [0.3, 0.4) is 0 Å². The molecule has 1 amide bonds. The first kappa shape index (κ1) is 23.2. The van der Waals surface area contributed by atoms with Crippen molar-refractivity contribution < 1.29 is 28.5 Å². The van der Waals surface area contributed by atoms with Crippen molar-refractivity contribution in [2.45, 2.75) is 13.5 Å². The van der Waals surface area contributed by atoms with Crippen LogP contribution in [0.5, 0.6) is 11.5 Å². The van der Waals surface area contributed by atoms with E-state index in [0.29, 0.717) is 17.1 Å². The zero-order valence-electron chi connectivity index (χ0n) is 19.6. The van der Waals surface area contributed by atoms with E-state index >= 15 is 0 Å². The van der Waals surface area contributed by atoms with E-state index in [4.69, 9.17) is 18.9 Å². The molecule has 0 N–H and O–H groups in total. The van der Waals surface area contributed by atoms with Crippen molar-refractivity contribution in [3.63, 3.8) is 0 Å². The molecule has 1 aliphatic heterocycles. The quantitative estimate of drug-likeness (QED) is 0.297. The van der Waals surface area contributed by atoms with Gasteiger partial charge in [-0.3, -0.25) is 14.0 Å². The van der Waals surface area contributed by atoms with E-state index in [1.165, 1.54) is 28.2 Å². The maximum Gasteiger partial charge on any atom is 0.341 e. The van der Waals surface area contributed by atoms with Crippen LogP contribution in [0.25, 0.3) is 16.7 Å². The third-order valence-electron chi connectivity index (χ3n) is 5.63. The molecule has 0 unspecified atom stereocenters. The predicted molar refractivity (Wildman–Crippen MR) is 127 cm³/mol. The van der Waals surface area contributed by atoms with E-state index in [0.717, 1.165) is 0 Å². The lowest BCUT2D eigenvalue weighted by Crippen LogP contribution is -2.33. The van der Waals surface area contributed by atoms with Gasteiger partial charge in [-0.25, -0.2) is 9.78 Å². The molecule has 36 heavy (non-hydrogen) atoms. The molecule has 0 atom stereocenters. The van der Waals surface area contributed by atoms with Crippen LogP contribution in [0.15, 0.2) is 58.4 Å². The van der Waals surface area contributed by atoms with Gasteiger partial charge in [-0.1, -0.05) is 6.07 Å². The number of benzene rings is 1. The standard InChI is InChI=1S/C25H22N4O7/c1-3-34-25(32)17-13-16-21(26-20-6-4-5-9-28(20)24(16)31)29(10-11-33-2)22(17)27-23(30)15-7-8-18-19(12-15)36-14-35-18/h4-9,12-13H,3,10-11,14H2,1-2H3. The summed E-state index contributed by atoms with van der Waals surface area (Å²) in [5.74, 6) is -0.396. The summed E-state index contributed by atoms with van der Waals surface area (Å²) in [6, 6.07) is 11.2. The molecule has 11 heteroatoms. The lowest BCUT2D eigenvalue weighted by atomic mass is 10.2. The highest BCUT2D eigenvalue weighted by atomic mass is 16.7. The zero-order valence-corrected chi connectivity index (χ0v) is 19.6. The SMILES string of the molecule is CCOC(=O)c1cc2c(=O)n3ccccc3nc2n(CCOC)c1=NC(=O)c1ccc2c(c1)OCO2. The van der Waals surface area contributed by atoms with Crippen molar-refractivity contribution in [1.29, 1.82) is 0 Å². The molecule has 1 aliphatic rings. The monoisotopic (exact) mass is 490 g/mol. The second-order valence-electron chi connectivity index (χ2n) is 7.81. The Bertz CT molecular complexity index is 1640. The third kappa shape index (κ3) is 4.09. The zero-order chi connectivity index (χ0) is 25.2. The van der Waals surface area contributed by atoms with Crippen molar-refractivity contribution in [2.75, 3.05) is 27.1 Å². The second-order valence-corrected chi connectivity index (χ2v) is 7.81. The van der Waals surface area contributed by atoms with Crippen molar-refractivity contribution in [1.82, 2.24) is 14.0 Å². The molecule has 184 valence electrons. The fraction of sp³-hybridized carbons (Fsp3) is 0.240. The Hall–Kier alpha value is -4.51. The Balaban J connectivity index is 1.81. The molecule has 3 aromatic heterocycles. The number of nitrogens with zero attached hydrogens (tertiary/aromatic N) is 4. The second kappa shape index (κ2) is 9.62. The van der Waals surface area contributed by atoms with Crippen LogP contribution in [-0.4, -0.2) is 52.9 Å². The first-order valence-electron chi connectivity index (χ1n) is 11.2. The average molecular weight is 490 g/mol. The summed E-state index contributed by atoms with van der Waals surface area (Å²) in [5.41, 5.74) is 0.490. The third-order valence-corrected chi connectivity index (χ3v) is 5.63. The van der Waals surface area contributed by atoms with Gasteiger partial charge in [0.2, 0.25) is 6.79 Å². The van der Waals surface area contributed by atoms with E-state index < -0.39 is 11.9 Å². The highest BCUT2D eigenvalue weighted by molar-refractivity contribution is 5.97. The number of amides is 1. The number of aromatic nitrogens is 3. The molecule has 4 aromatic rings. The number of carbonyl (C=O) groups excluding carboxylic acids is 2. The van der Waals surface area contributed by atoms with Gasteiger partial charge in [-0.05, 0) is 43.3 Å². The summed E-state index contributed by atoms with van der Waals surface area (Å²) < 4.78 is 24.1. The highest BCUT2D eigenvalue weighted by Crippen LogP contribution is 2.32. The minimum Gasteiger partial charge on any atom is -0.462 e. The number of hydrogen-bond acceptors (Lipinski definition) is 8. The Kier molecular flexibility index (Phi) is 6.21. The van der Waals surface area contributed by atoms with E-state index in [-0.39, 0.29) is 59.8 Å². The van der Waals surface area contributed by atoms with Crippen molar-refractivity contribution in [3.8, 4) is 11.5 Å². The van der Waals surface area contributed by atoms with Crippen molar-refractivity contribution >= 4 is 28.6 Å². The fourth-order valence-electron chi connectivity index (χ4n) is 3.94. The molecule has 0 saturated carbocycles. The van der Waals surface area contributed by atoms with Gasteiger partial charge in [-0.2, -0.15) is 4.99 Å². The number of rotatable bonds is 6. The number of ether oxygens (including phenoxy) is 4. The molecule has 4 heterocycles. The van der Waals surface area contributed by atoms with E-state index in [1.54, 1.807) is 43.5 Å². The largest absolute Gasteiger partial charge is 0.462 e. The van der Waals surface area contributed by atoms with Gasteiger partial charge in [-0.15, -0.1) is 0 Å². The summed E-state index contributed by atoms with van der Waals surface area (Å²) in [7, 11) is 1.52. The topological polar surface area (TPSA) is 123 Å². The molecule has 0 bridgehead atoms. The maximum absolute atomic E-state index is 13.3. The van der Waals surface area contributed by atoms with Gasteiger partial charge in [0, 0.05) is 25.4 Å². The Morgan fingerprint density at radius 2 is 1.97 bits per heavy atom. The number of methoxy groups -OCH3 is 1. The van der Waals surface area contributed by atoms with Crippen LogP contribution >= 0.6 is 0 Å². The summed E-state index contributed by atoms with van der Waals surface area (Å²) in [6.45, 7) is 2.20. The number of pyridine rings is 2. The molecule has 0 spiro atoms. The minimum absolute atomic E-state index is 0.00727. The van der Waals surface area contributed by atoms with E-state index in [2.05, 4.69) is 9.98 Å². The van der Waals surface area contributed by atoms with Gasteiger partial charge >= 0.3 is 5.97 Å². The van der Waals surface area contributed by atoms with Crippen molar-refractivity contribution in [3.05, 3.63) is 75.6 Å². The Labute approximate surface area is 204 Å². The summed E-state index contributed by atoms with van der Waals surface area (Å²) in [5, 5.41) is 0.173. The molecular formula is C25H22N4O7. The first-order chi connectivity index (χ1) is 17.5. The van der Waals surface area contributed by atoms with Crippen LogP contribution in [0.4, 0.5) is 0 Å². The minimum atomic E-state index is -0.722. The summed E-state index contributed by atoms with van der Waals surface area (Å²) >= 11 is 0. The maximum atomic E-state index is 13.3. The number of esters is 1. The summed E-state index contributed by atoms with van der Waals surface area (Å²) in [4.78, 5) is 48.5. The lowest BCUT2D eigenvalue weighted by Gasteiger charge is -2.15. The Morgan fingerprint density at radius 1 is 1.14 bits per heavy atom. The van der Waals surface area contributed by atoms with E-state index in [9.17, 15) is 14.4 Å². The summed E-state index contributed by atoms with van der Waals surface area (Å²) in [6.07, 6.45) is 1.59. The first-order valence-corrected chi connectivity index (χ1v) is 11.2. The fourth-order valence-corrected chi connectivity index (χ4v) is 3.94. The van der Waals surface area contributed by atoms with E-state index in [1.807, 2.05) is 0 Å². The molecule has 0 aliphatic carbocycles. The molecule has 11 nitrogen and oxygen atoms in total. The van der Waals surface area contributed by atoms with Crippen LogP contribution < -0.4 is 20.5 Å². The molecule has 1 aromatic carbocycles. The number of fused-ring (bicyclic) bond motifs is 3. The van der Waals surface area contributed by atoms with Gasteiger partial charge in [0.05, 0.1) is 18.6 Å². The average Bonchev–Trinajstić information content (AvgIpc) is 3.36. The van der Waals surface area contributed by atoms with Gasteiger partial charge < -0.3 is 23.5 Å². The normalized spacial score (nSPS) is 12.9. The molecule has 0 saturated heterocycles. The predicted octanol–water partition coefficient (Wildman–Crippen LogP) is 1.94. The smallest absolute Gasteiger partial charge is 0.341 e. The molecule has 0 radical (unpaired) electrons. The number of hydrogen-bond donors (Lipinski definition) is 0. The molecule has 5 rings (SSSR count). The van der Waals surface area contributed by atoms with Gasteiger partial charge in [0.1, 0.15) is 16.9 Å². The van der Waals surface area contributed by atoms with Gasteiger partial charge in [0.15, 0.2) is 17.0 Å². The molecule has 0 fully saturated rings. The lowest BCUT2D eigenvalue weighted by molar-refractivity contribution is 0.0523.